The molecule has 5 nitrogen and oxygen atoms in total. The summed E-state index contributed by atoms with van der Waals surface area (Å²) in [6.45, 7) is 0.483. The standard InChI is InChI=1S/C14H13N3O2/c1-2-8-15-13(18)7-9-17-10-16-12-6-4-3-5-11(12)14(17)19/h1,3-6,10H,7-9H2,(H,15,18). The summed E-state index contributed by atoms with van der Waals surface area (Å²) < 4.78 is 1.43. The minimum absolute atomic E-state index is 0.143. The van der Waals surface area contributed by atoms with Gasteiger partial charge in [-0.3, -0.25) is 14.2 Å². The van der Waals surface area contributed by atoms with Crippen molar-refractivity contribution in [2.24, 2.45) is 0 Å². The van der Waals surface area contributed by atoms with Crippen molar-refractivity contribution in [3.05, 3.63) is 40.9 Å². The molecule has 96 valence electrons. The van der Waals surface area contributed by atoms with Crippen molar-refractivity contribution in [3.8, 4) is 12.3 Å². The Morgan fingerprint density at radius 3 is 3.00 bits per heavy atom. The molecule has 0 fully saturated rings. The zero-order chi connectivity index (χ0) is 13.7. The van der Waals surface area contributed by atoms with Crippen LogP contribution in [0.5, 0.6) is 0 Å². The lowest BCUT2D eigenvalue weighted by molar-refractivity contribution is -0.121. The maximum Gasteiger partial charge on any atom is 0.261 e. The molecule has 0 radical (unpaired) electrons. The van der Waals surface area contributed by atoms with E-state index in [1.807, 2.05) is 6.07 Å². The van der Waals surface area contributed by atoms with Gasteiger partial charge in [-0.1, -0.05) is 18.1 Å². The van der Waals surface area contributed by atoms with Crippen LogP contribution in [0, 0.1) is 12.3 Å². The Balaban J connectivity index is 2.14. The van der Waals surface area contributed by atoms with Crippen LogP contribution < -0.4 is 10.9 Å². The average molecular weight is 255 g/mol. The Hall–Kier alpha value is -2.61. The first kappa shape index (κ1) is 12.8. The number of aryl methyl sites for hydroxylation is 1. The molecule has 1 amide bonds. The molecule has 0 saturated heterocycles. The smallest absolute Gasteiger partial charge is 0.261 e. The number of carbonyl (C=O) groups excluding carboxylic acids is 1. The summed E-state index contributed by atoms with van der Waals surface area (Å²) in [5.41, 5.74) is 0.510. The molecule has 0 aliphatic rings. The summed E-state index contributed by atoms with van der Waals surface area (Å²) in [5, 5.41) is 3.10. The van der Waals surface area contributed by atoms with E-state index in [9.17, 15) is 9.59 Å². The SMILES string of the molecule is C#CCNC(=O)CCn1cnc2ccccc2c1=O. The summed E-state index contributed by atoms with van der Waals surface area (Å²) in [6.07, 6.45) is 6.69. The van der Waals surface area contributed by atoms with Gasteiger partial charge in [-0.25, -0.2) is 4.98 Å². The number of aromatic nitrogens is 2. The minimum Gasteiger partial charge on any atom is -0.345 e. The fraction of sp³-hybridized carbons (Fsp3) is 0.214. The largest absolute Gasteiger partial charge is 0.345 e. The van der Waals surface area contributed by atoms with Crippen LogP contribution in [0.3, 0.4) is 0 Å². The molecular formula is C14H13N3O2. The maximum atomic E-state index is 12.1. The fourth-order valence-electron chi connectivity index (χ4n) is 1.73. The van der Waals surface area contributed by atoms with Crippen molar-refractivity contribution in [2.45, 2.75) is 13.0 Å². The van der Waals surface area contributed by atoms with Gasteiger partial charge in [-0.05, 0) is 12.1 Å². The molecule has 5 heteroatoms. The van der Waals surface area contributed by atoms with E-state index in [4.69, 9.17) is 6.42 Å². The lowest BCUT2D eigenvalue weighted by Gasteiger charge is -2.06. The molecule has 0 unspecified atom stereocenters. The van der Waals surface area contributed by atoms with Gasteiger partial charge >= 0.3 is 0 Å². The molecule has 0 aliphatic carbocycles. The van der Waals surface area contributed by atoms with Gasteiger partial charge in [0.25, 0.3) is 5.56 Å². The Labute approximate surface area is 110 Å². The number of hydrogen-bond donors (Lipinski definition) is 1. The number of amides is 1. The number of rotatable bonds is 4. The van der Waals surface area contributed by atoms with Crippen molar-refractivity contribution in [1.29, 1.82) is 0 Å². The first-order valence-corrected chi connectivity index (χ1v) is 5.86. The quantitative estimate of drug-likeness (QED) is 0.811. The molecule has 2 rings (SSSR count). The van der Waals surface area contributed by atoms with Crippen LogP contribution in [0.25, 0.3) is 10.9 Å². The Morgan fingerprint density at radius 1 is 1.42 bits per heavy atom. The second-order valence-corrected chi connectivity index (χ2v) is 3.99. The number of para-hydroxylation sites is 1. The number of benzene rings is 1. The van der Waals surface area contributed by atoms with Crippen LogP contribution in [0.1, 0.15) is 6.42 Å². The van der Waals surface area contributed by atoms with Crippen LogP contribution in [-0.2, 0) is 11.3 Å². The van der Waals surface area contributed by atoms with Gasteiger partial charge in [0.05, 0.1) is 23.8 Å². The molecular weight excluding hydrogens is 242 g/mol. The van der Waals surface area contributed by atoms with Crippen molar-refractivity contribution in [3.63, 3.8) is 0 Å². The van der Waals surface area contributed by atoms with Crippen molar-refractivity contribution >= 4 is 16.8 Å². The van der Waals surface area contributed by atoms with Gasteiger partial charge in [0, 0.05) is 13.0 Å². The third-order valence-electron chi connectivity index (χ3n) is 2.70. The summed E-state index contributed by atoms with van der Waals surface area (Å²) in [7, 11) is 0. The lowest BCUT2D eigenvalue weighted by atomic mass is 10.2. The highest BCUT2D eigenvalue weighted by molar-refractivity contribution is 5.77. The van der Waals surface area contributed by atoms with E-state index in [2.05, 4.69) is 16.2 Å². The van der Waals surface area contributed by atoms with E-state index in [0.717, 1.165) is 0 Å². The summed E-state index contributed by atoms with van der Waals surface area (Å²) in [5.74, 6) is 2.14. The fourth-order valence-corrected chi connectivity index (χ4v) is 1.73. The predicted molar refractivity (Wildman–Crippen MR) is 72.5 cm³/mol. The van der Waals surface area contributed by atoms with Gasteiger partial charge < -0.3 is 5.32 Å². The third kappa shape index (κ3) is 2.99. The summed E-state index contributed by atoms with van der Waals surface area (Å²) in [6, 6.07) is 7.11. The van der Waals surface area contributed by atoms with Crippen LogP contribution in [0.4, 0.5) is 0 Å². The van der Waals surface area contributed by atoms with E-state index in [-0.39, 0.29) is 31.0 Å². The van der Waals surface area contributed by atoms with Crippen LogP contribution in [-0.4, -0.2) is 22.0 Å². The molecule has 2 aromatic rings. The first-order valence-electron chi connectivity index (χ1n) is 5.86. The molecule has 19 heavy (non-hydrogen) atoms. The number of hydrogen-bond acceptors (Lipinski definition) is 3. The highest BCUT2D eigenvalue weighted by atomic mass is 16.1. The molecule has 0 aliphatic heterocycles. The van der Waals surface area contributed by atoms with E-state index in [0.29, 0.717) is 10.9 Å². The molecule has 0 saturated carbocycles. The van der Waals surface area contributed by atoms with Crippen LogP contribution in [0.15, 0.2) is 35.4 Å². The first-order chi connectivity index (χ1) is 9.22. The molecule has 1 heterocycles. The van der Waals surface area contributed by atoms with E-state index in [1.165, 1.54) is 10.9 Å². The zero-order valence-corrected chi connectivity index (χ0v) is 10.3. The molecule has 0 atom stereocenters. The number of nitrogens with one attached hydrogen (secondary N) is 1. The van der Waals surface area contributed by atoms with Crippen LogP contribution in [0.2, 0.25) is 0 Å². The molecule has 0 spiro atoms. The van der Waals surface area contributed by atoms with Crippen molar-refractivity contribution in [1.82, 2.24) is 14.9 Å². The van der Waals surface area contributed by atoms with Gasteiger partial charge in [0.15, 0.2) is 0 Å². The molecule has 1 aromatic heterocycles. The number of carbonyl (C=O) groups is 1. The number of terminal acetylenes is 1. The van der Waals surface area contributed by atoms with Gasteiger partial charge in [0.1, 0.15) is 0 Å². The van der Waals surface area contributed by atoms with E-state index < -0.39 is 0 Å². The second-order valence-electron chi connectivity index (χ2n) is 3.99. The molecule has 1 N–H and O–H groups in total. The highest BCUT2D eigenvalue weighted by Crippen LogP contribution is 2.04. The Morgan fingerprint density at radius 2 is 2.21 bits per heavy atom. The lowest BCUT2D eigenvalue weighted by Crippen LogP contribution is -2.27. The van der Waals surface area contributed by atoms with E-state index >= 15 is 0 Å². The summed E-state index contributed by atoms with van der Waals surface area (Å²) >= 11 is 0. The maximum absolute atomic E-state index is 12.1. The van der Waals surface area contributed by atoms with Crippen molar-refractivity contribution < 1.29 is 4.79 Å². The van der Waals surface area contributed by atoms with E-state index in [1.54, 1.807) is 18.2 Å². The average Bonchev–Trinajstić information content (AvgIpc) is 2.44. The van der Waals surface area contributed by atoms with Gasteiger partial charge in [0.2, 0.25) is 5.91 Å². The topological polar surface area (TPSA) is 64.0 Å². The highest BCUT2D eigenvalue weighted by Gasteiger charge is 2.05. The predicted octanol–water partition coefficient (Wildman–Crippen LogP) is 0.536. The van der Waals surface area contributed by atoms with Gasteiger partial charge in [-0.15, -0.1) is 6.42 Å². The molecule has 1 aromatic carbocycles. The summed E-state index contributed by atoms with van der Waals surface area (Å²) in [4.78, 5) is 27.7. The van der Waals surface area contributed by atoms with Crippen LogP contribution >= 0.6 is 0 Å². The Bertz CT molecular complexity index is 698. The number of fused-ring (bicyclic) bond motifs is 1. The van der Waals surface area contributed by atoms with Gasteiger partial charge in [-0.2, -0.15) is 0 Å². The normalized spacial score (nSPS) is 10.1. The third-order valence-corrected chi connectivity index (χ3v) is 2.70. The number of nitrogens with zero attached hydrogens (tertiary/aromatic N) is 2. The Kier molecular flexibility index (Phi) is 3.94. The second kappa shape index (κ2) is 5.83. The molecule has 0 bridgehead atoms. The zero-order valence-electron chi connectivity index (χ0n) is 10.3. The monoisotopic (exact) mass is 255 g/mol. The van der Waals surface area contributed by atoms with Crippen molar-refractivity contribution in [2.75, 3.05) is 6.54 Å². The minimum atomic E-state index is -0.182.